The maximum Gasteiger partial charge on any atom is 0.261 e. The van der Waals surface area contributed by atoms with Crippen molar-refractivity contribution in [2.24, 2.45) is 0 Å². The lowest BCUT2D eigenvalue weighted by molar-refractivity contribution is 0.0199. The number of halogens is 2. The molecule has 0 aromatic heterocycles. The summed E-state index contributed by atoms with van der Waals surface area (Å²) in [6.45, 7) is -0.848. The Balaban J connectivity index is 2.46. The molecule has 0 aliphatic heterocycles. The highest BCUT2D eigenvalue weighted by Crippen LogP contribution is 2.13. The maximum absolute atomic E-state index is 11.8. The molecule has 5 nitrogen and oxygen atoms in total. The molecule has 0 saturated carbocycles. The van der Waals surface area contributed by atoms with E-state index in [1.54, 1.807) is 19.2 Å². The fourth-order valence-corrected chi connectivity index (χ4v) is 2.32. The SMILES string of the molecule is CNc1ccc(S(=O)(=O)NCCOCC(F)F)cc1. The van der Waals surface area contributed by atoms with Crippen LogP contribution in [0.3, 0.4) is 0 Å². The number of hydrogen-bond donors (Lipinski definition) is 2. The first kappa shape index (κ1) is 15.8. The van der Waals surface area contributed by atoms with Crippen molar-refractivity contribution in [3.05, 3.63) is 24.3 Å². The monoisotopic (exact) mass is 294 g/mol. The van der Waals surface area contributed by atoms with E-state index < -0.39 is 23.1 Å². The van der Waals surface area contributed by atoms with Crippen LogP contribution in [0.2, 0.25) is 0 Å². The Hall–Kier alpha value is -1.25. The first-order chi connectivity index (χ1) is 8.95. The summed E-state index contributed by atoms with van der Waals surface area (Å²) in [5, 5.41) is 2.87. The van der Waals surface area contributed by atoms with Gasteiger partial charge in [0.2, 0.25) is 10.0 Å². The van der Waals surface area contributed by atoms with Gasteiger partial charge in [-0.3, -0.25) is 0 Å². The van der Waals surface area contributed by atoms with Crippen LogP contribution >= 0.6 is 0 Å². The van der Waals surface area contributed by atoms with Gasteiger partial charge < -0.3 is 10.1 Å². The summed E-state index contributed by atoms with van der Waals surface area (Å²) < 4.78 is 54.0. The highest BCUT2D eigenvalue weighted by Gasteiger charge is 2.13. The van der Waals surface area contributed by atoms with Gasteiger partial charge in [0.05, 0.1) is 11.5 Å². The molecule has 2 N–H and O–H groups in total. The molecule has 0 bridgehead atoms. The molecule has 0 fully saturated rings. The van der Waals surface area contributed by atoms with Crippen molar-refractivity contribution < 1.29 is 21.9 Å². The topological polar surface area (TPSA) is 67.4 Å². The summed E-state index contributed by atoms with van der Waals surface area (Å²) in [6.07, 6.45) is -2.55. The molecule has 19 heavy (non-hydrogen) atoms. The van der Waals surface area contributed by atoms with Gasteiger partial charge in [0.15, 0.2) is 0 Å². The Bertz CT molecular complexity index is 477. The number of anilines is 1. The average Bonchev–Trinajstić information content (AvgIpc) is 2.38. The quantitative estimate of drug-likeness (QED) is 0.709. The second-order valence-corrected chi connectivity index (χ2v) is 5.41. The van der Waals surface area contributed by atoms with Crippen molar-refractivity contribution in [2.75, 3.05) is 32.1 Å². The van der Waals surface area contributed by atoms with Crippen LogP contribution in [-0.4, -0.2) is 41.6 Å². The van der Waals surface area contributed by atoms with Crippen LogP contribution in [-0.2, 0) is 14.8 Å². The van der Waals surface area contributed by atoms with Crippen LogP contribution in [0.25, 0.3) is 0 Å². The maximum atomic E-state index is 11.8. The molecule has 0 heterocycles. The van der Waals surface area contributed by atoms with E-state index in [9.17, 15) is 17.2 Å². The molecular formula is C11H16F2N2O3S. The van der Waals surface area contributed by atoms with Crippen molar-refractivity contribution in [2.45, 2.75) is 11.3 Å². The first-order valence-corrected chi connectivity index (χ1v) is 7.07. The summed E-state index contributed by atoms with van der Waals surface area (Å²) in [5.41, 5.74) is 0.791. The normalized spacial score (nSPS) is 11.8. The van der Waals surface area contributed by atoms with Crippen LogP contribution < -0.4 is 10.0 Å². The lowest BCUT2D eigenvalue weighted by atomic mass is 10.3. The van der Waals surface area contributed by atoms with Gasteiger partial charge in [-0.15, -0.1) is 0 Å². The summed E-state index contributed by atoms with van der Waals surface area (Å²) in [5.74, 6) is 0. The predicted molar refractivity (Wildman–Crippen MR) is 68.0 cm³/mol. The number of alkyl halides is 2. The minimum atomic E-state index is -3.63. The van der Waals surface area contributed by atoms with Gasteiger partial charge in [-0.1, -0.05) is 0 Å². The van der Waals surface area contributed by atoms with Crippen LogP contribution in [0.1, 0.15) is 0 Å². The van der Waals surface area contributed by atoms with Crippen LogP contribution in [0.15, 0.2) is 29.2 Å². The molecular weight excluding hydrogens is 278 g/mol. The lowest BCUT2D eigenvalue weighted by Crippen LogP contribution is -2.28. The lowest BCUT2D eigenvalue weighted by Gasteiger charge is -2.08. The van der Waals surface area contributed by atoms with Gasteiger partial charge in [-0.05, 0) is 24.3 Å². The third-order valence-corrected chi connectivity index (χ3v) is 3.71. The van der Waals surface area contributed by atoms with Crippen LogP contribution in [0.4, 0.5) is 14.5 Å². The fourth-order valence-electron chi connectivity index (χ4n) is 1.30. The number of ether oxygens (including phenoxy) is 1. The summed E-state index contributed by atoms with van der Waals surface area (Å²) in [6, 6.07) is 6.16. The van der Waals surface area contributed by atoms with Crippen molar-refractivity contribution in [3.63, 3.8) is 0 Å². The molecule has 0 amide bonds. The number of benzene rings is 1. The van der Waals surface area contributed by atoms with Gasteiger partial charge >= 0.3 is 0 Å². The van der Waals surface area contributed by atoms with Gasteiger partial charge in [0, 0.05) is 19.3 Å². The molecule has 0 spiro atoms. The van der Waals surface area contributed by atoms with Gasteiger partial charge in [-0.25, -0.2) is 21.9 Å². The van der Waals surface area contributed by atoms with Crippen molar-refractivity contribution in [1.82, 2.24) is 4.72 Å². The average molecular weight is 294 g/mol. The molecule has 1 aromatic carbocycles. The third-order valence-electron chi connectivity index (χ3n) is 2.24. The molecule has 0 radical (unpaired) electrons. The predicted octanol–water partition coefficient (Wildman–Crippen LogP) is 1.29. The molecule has 1 rings (SSSR count). The second kappa shape index (κ2) is 7.37. The molecule has 0 saturated heterocycles. The smallest absolute Gasteiger partial charge is 0.261 e. The fraction of sp³-hybridized carbons (Fsp3) is 0.455. The molecule has 0 aliphatic carbocycles. The number of sulfonamides is 1. The standard InChI is InChI=1S/C11H16F2N2O3S/c1-14-9-2-4-10(5-3-9)19(16,17)15-6-7-18-8-11(12)13/h2-5,11,14-15H,6-8H2,1H3. The third kappa shape index (κ3) is 5.50. The zero-order valence-corrected chi connectivity index (χ0v) is 11.2. The Morgan fingerprint density at radius 2 is 1.89 bits per heavy atom. The minimum absolute atomic E-state index is 0.0527. The Morgan fingerprint density at radius 3 is 2.42 bits per heavy atom. The Morgan fingerprint density at radius 1 is 1.26 bits per heavy atom. The van der Waals surface area contributed by atoms with Crippen molar-refractivity contribution >= 4 is 15.7 Å². The zero-order chi connectivity index (χ0) is 14.3. The molecule has 0 unspecified atom stereocenters. The number of hydrogen-bond acceptors (Lipinski definition) is 4. The van der Waals surface area contributed by atoms with E-state index in [4.69, 9.17) is 0 Å². The zero-order valence-electron chi connectivity index (χ0n) is 10.4. The second-order valence-electron chi connectivity index (χ2n) is 3.64. The molecule has 0 aliphatic rings. The van der Waals surface area contributed by atoms with E-state index in [2.05, 4.69) is 14.8 Å². The van der Waals surface area contributed by atoms with Gasteiger partial charge in [0.25, 0.3) is 6.43 Å². The van der Waals surface area contributed by atoms with E-state index in [1.807, 2.05) is 0 Å². The molecule has 108 valence electrons. The van der Waals surface area contributed by atoms with Crippen LogP contribution in [0.5, 0.6) is 0 Å². The van der Waals surface area contributed by atoms with E-state index in [0.717, 1.165) is 5.69 Å². The van der Waals surface area contributed by atoms with Crippen molar-refractivity contribution in [1.29, 1.82) is 0 Å². The largest absolute Gasteiger partial charge is 0.388 e. The van der Waals surface area contributed by atoms with E-state index in [1.165, 1.54) is 12.1 Å². The van der Waals surface area contributed by atoms with E-state index in [-0.39, 0.29) is 18.0 Å². The minimum Gasteiger partial charge on any atom is -0.388 e. The Labute approximate surface area is 111 Å². The highest BCUT2D eigenvalue weighted by molar-refractivity contribution is 7.89. The summed E-state index contributed by atoms with van der Waals surface area (Å²) in [4.78, 5) is 0.111. The molecule has 0 atom stereocenters. The molecule has 8 heteroatoms. The van der Waals surface area contributed by atoms with E-state index >= 15 is 0 Å². The summed E-state index contributed by atoms with van der Waals surface area (Å²) in [7, 11) is -1.91. The molecule has 1 aromatic rings. The number of nitrogens with one attached hydrogen (secondary N) is 2. The summed E-state index contributed by atoms with van der Waals surface area (Å²) >= 11 is 0. The first-order valence-electron chi connectivity index (χ1n) is 5.59. The number of rotatable bonds is 8. The van der Waals surface area contributed by atoms with E-state index in [0.29, 0.717) is 0 Å². The van der Waals surface area contributed by atoms with Gasteiger partial charge in [0.1, 0.15) is 6.61 Å². The van der Waals surface area contributed by atoms with Crippen LogP contribution in [0, 0.1) is 0 Å². The Kier molecular flexibility index (Phi) is 6.13. The van der Waals surface area contributed by atoms with Crippen molar-refractivity contribution in [3.8, 4) is 0 Å². The van der Waals surface area contributed by atoms with Gasteiger partial charge in [-0.2, -0.15) is 0 Å². The highest BCUT2D eigenvalue weighted by atomic mass is 32.2.